The van der Waals surface area contributed by atoms with E-state index in [1.807, 2.05) is 34.9 Å². The summed E-state index contributed by atoms with van der Waals surface area (Å²) in [5, 5.41) is 5.09. The van der Waals surface area contributed by atoms with E-state index in [9.17, 15) is 0 Å². The molecule has 0 atom stereocenters. The summed E-state index contributed by atoms with van der Waals surface area (Å²) >= 11 is 5.93. The summed E-state index contributed by atoms with van der Waals surface area (Å²) in [5.74, 6) is 1.79. The second kappa shape index (κ2) is 21.6. The van der Waals surface area contributed by atoms with Crippen LogP contribution in [-0.2, 0) is 0 Å². The SMILES string of the molecule is c1ccc(B2c3ccccc3Sc3c4c(c5c(sc6cc(-c7ccc(B8c9ccccc9N(c9ccccc9)c9c8c8c(c%10c9c9ccccc9n%10-c9ccccc9)B(c9ccccc9)c9ccccc9O8)cc7)ccc65)c32)B(c2ccccc2)c2ccccc2S4)cc1. The Labute approximate surface area is 559 Å². The Hall–Kier alpha value is -10.3. The van der Waals surface area contributed by atoms with Gasteiger partial charge in [-0.1, -0.05) is 311 Å². The van der Waals surface area contributed by atoms with E-state index >= 15 is 0 Å². The molecule has 0 unspecified atom stereocenters. The van der Waals surface area contributed by atoms with Gasteiger partial charge in [-0.3, -0.25) is 0 Å². The highest BCUT2D eigenvalue weighted by molar-refractivity contribution is 8.03. The van der Waals surface area contributed by atoms with Crippen molar-refractivity contribution in [3.05, 3.63) is 315 Å². The molecule has 434 valence electrons. The van der Waals surface area contributed by atoms with Crippen LogP contribution in [0.1, 0.15) is 0 Å². The summed E-state index contributed by atoms with van der Waals surface area (Å²) in [7, 11) is 0. The lowest BCUT2D eigenvalue weighted by Gasteiger charge is -2.41. The van der Waals surface area contributed by atoms with E-state index in [0.717, 1.165) is 56.2 Å². The summed E-state index contributed by atoms with van der Waals surface area (Å²) < 4.78 is 13.0. The number of fused-ring (bicyclic) bond motifs is 20. The summed E-state index contributed by atoms with van der Waals surface area (Å²) in [6.45, 7) is -0.244. The Morgan fingerprint density at radius 2 is 0.830 bits per heavy atom. The third-order valence-corrected chi connectivity index (χ3v) is 24.0. The average Bonchev–Trinajstić information content (AvgIpc) is 1.50. The fourth-order valence-electron chi connectivity index (χ4n) is 16.4. The van der Waals surface area contributed by atoms with Crippen LogP contribution in [0.25, 0.3) is 58.8 Å². The van der Waals surface area contributed by atoms with Gasteiger partial charge in [0, 0.05) is 56.8 Å². The highest BCUT2D eigenvalue weighted by Crippen LogP contribution is 2.49. The molecule has 0 aliphatic carbocycles. The van der Waals surface area contributed by atoms with Crippen molar-refractivity contribution >= 4 is 186 Å². The molecule has 3 nitrogen and oxygen atoms in total. The maximum absolute atomic E-state index is 7.76. The molecule has 4 aliphatic heterocycles. The van der Waals surface area contributed by atoms with Crippen LogP contribution in [0.5, 0.6) is 11.5 Å². The van der Waals surface area contributed by atoms with Gasteiger partial charge in [-0.2, -0.15) is 0 Å². The number of ether oxygens (including phenoxy) is 1. The molecule has 0 N–H and O–H groups in total. The first-order chi connectivity index (χ1) is 46.7. The summed E-state index contributed by atoms with van der Waals surface area (Å²) in [6.07, 6.45) is 0. The second-order valence-electron chi connectivity index (χ2n) is 25.2. The number of thiophene rings is 1. The van der Waals surface area contributed by atoms with E-state index < -0.39 is 0 Å². The monoisotopic (exact) mass is 1240 g/mol. The first-order valence-electron chi connectivity index (χ1n) is 32.4. The van der Waals surface area contributed by atoms with Gasteiger partial charge in [-0.25, -0.2) is 0 Å². The molecule has 16 aromatic rings. The van der Waals surface area contributed by atoms with Gasteiger partial charge in [0.1, 0.15) is 11.5 Å². The van der Waals surface area contributed by atoms with Gasteiger partial charge in [0.05, 0.1) is 16.7 Å². The van der Waals surface area contributed by atoms with Gasteiger partial charge in [0.15, 0.2) is 0 Å². The number of aromatic nitrogens is 1. The molecular weight excluding hydrogens is 1190 g/mol. The predicted octanol–water partition coefficient (Wildman–Crippen LogP) is 13.7. The van der Waals surface area contributed by atoms with Crippen LogP contribution in [-0.4, -0.2) is 31.4 Å². The Morgan fingerprint density at radius 1 is 0.340 bits per heavy atom. The number of nitrogens with zero attached hydrogens (tertiary/aromatic N) is 2. The van der Waals surface area contributed by atoms with Crippen LogP contribution in [0.2, 0.25) is 0 Å². The molecule has 0 bridgehead atoms. The predicted molar refractivity (Wildman–Crippen MR) is 406 cm³/mol. The lowest BCUT2D eigenvalue weighted by molar-refractivity contribution is 0.491. The average molecular weight is 1240 g/mol. The number of anilines is 3. The van der Waals surface area contributed by atoms with Crippen molar-refractivity contribution in [1.29, 1.82) is 0 Å². The number of hydrogen-bond acceptors (Lipinski definition) is 5. The molecule has 0 fully saturated rings. The number of para-hydroxylation sites is 5. The summed E-state index contributed by atoms with van der Waals surface area (Å²) in [6, 6.07) is 118. The minimum atomic E-state index is -0.220. The zero-order valence-corrected chi connectivity index (χ0v) is 53.3. The van der Waals surface area contributed by atoms with Gasteiger partial charge in [0.2, 0.25) is 13.4 Å². The third-order valence-electron chi connectivity index (χ3n) is 20.2. The fraction of sp³-hybridized carbons (Fsp3) is 0. The largest absolute Gasteiger partial charge is 0.459 e. The molecule has 6 heterocycles. The van der Waals surface area contributed by atoms with Gasteiger partial charge in [-0.05, 0) is 115 Å². The van der Waals surface area contributed by atoms with Crippen LogP contribution in [0.15, 0.2) is 335 Å². The lowest BCUT2D eigenvalue weighted by Crippen LogP contribution is -2.62. The minimum Gasteiger partial charge on any atom is -0.459 e. The van der Waals surface area contributed by atoms with Gasteiger partial charge >= 0.3 is 0 Å². The molecule has 10 heteroatoms. The molecule has 2 aromatic heterocycles. The van der Waals surface area contributed by atoms with E-state index in [4.69, 9.17) is 4.74 Å². The normalized spacial score (nSPS) is 13.4. The van der Waals surface area contributed by atoms with E-state index in [2.05, 4.69) is 325 Å². The summed E-state index contributed by atoms with van der Waals surface area (Å²) in [5.41, 5.74) is 24.5. The number of benzene rings is 14. The third kappa shape index (κ3) is 8.13. The van der Waals surface area contributed by atoms with Gasteiger partial charge in [0.25, 0.3) is 13.4 Å². The Morgan fingerprint density at radius 3 is 1.49 bits per heavy atom. The fourth-order valence-corrected chi connectivity index (χ4v) is 20.4. The first kappa shape index (κ1) is 54.2. The molecule has 14 aromatic carbocycles. The molecular formula is C84H52B4N2OS3. The standard InChI is InChI=1S/C84H52B4N2OS3/c1-6-26-55(27-7-1)86-64-38-18-23-43-69(64)91-81-76-80(74-61-36-16-21-41-67(61)89(79(74)77(81)86)59-32-12-4-13-33-59)90(60-34-14-5-15-35-60)68-42-22-17-37-63(68)85(76)58-49-46-53(47-50-58)54-48-51-62-72(52-54)94-82-73(62)75-83(92-70-44-24-19-39-65(70)87(75)56-28-8-2-9-29-56)84-78(82)88(57-30-10-3-11-31-57)66-40-20-25-45-71(66)93-84/h1-52H. The van der Waals surface area contributed by atoms with Crippen LogP contribution >= 0.6 is 34.9 Å². The van der Waals surface area contributed by atoms with Crippen molar-refractivity contribution in [2.75, 3.05) is 4.90 Å². The highest BCUT2D eigenvalue weighted by Gasteiger charge is 2.47. The first-order valence-corrected chi connectivity index (χ1v) is 34.9. The Kier molecular flexibility index (Phi) is 12.5. The lowest BCUT2D eigenvalue weighted by atomic mass is 9.31. The van der Waals surface area contributed by atoms with Crippen molar-refractivity contribution in [3.8, 4) is 28.3 Å². The van der Waals surface area contributed by atoms with Crippen LogP contribution in [0.4, 0.5) is 17.1 Å². The van der Waals surface area contributed by atoms with Crippen molar-refractivity contribution in [1.82, 2.24) is 4.57 Å². The number of hydrogen-bond donors (Lipinski definition) is 0. The minimum absolute atomic E-state index is 0.0582. The van der Waals surface area contributed by atoms with Gasteiger partial charge in [-0.15, -0.1) is 11.3 Å². The molecule has 94 heavy (non-hydrogen) atoms. The zero-order chi connectivity index (χ0) is 61.5. The second-order valence-corrected chi connectivity index (χ2v) is 28.3. The van der Waals surface area contributed by atoms with Crippen molar-refractivity contribution < 1.29 is 4.74 Å². The molecule has 0 saturated heterocycles. The van der Waals surface area contributed by atoms with Crippen molar-refractivity contribution in [2.45, 2.75) is 19.6 Å². The Balaban J connectivity index is 0.822. The van der Waals surface area contributed by atoms with E-state index in [1.165, 1.54) is 116 Å². The molecule has 20 rings (SSSR count). The van der Waals surface area contributed by atoms with Crippen LogP contribution in [0.3, 0.4) is 0 Å². The van der Waals surface area contributed by atoms with E-state index in [1.54, 1.807) is 0 Å². The van der Waals surface area contributed by atoms with Crippen molar-refractivity contribution in [3.63, 3.8) is 0 Å². The zero-order valence-electron chi connectivity index (χ0n) is 50.9. The molecule has 0 amide bonds. The van der Waals surface area contributed by atoms with Gasteiger partial charge < -0.3 is 14.2 Å². The van der Waals surface area contributed by atoms with Crippen LogP contribution in [0, 0.1) is 0 Å². The quantitative estimate of drug-likeness (QED) is 0.148. The Bertz CT molecular complexity index is 5750. The summed E-state index contributed by atoms with van der Waals surface area (Å²) in [4.78, 5) is 7.99. The van der Waals surface area contributed by atoms with E-state index in [-0.39, 0.29) is 26.9 Å². The van der Waals surface area contributed by atoms with Crippen molar-refractivity contribution in [2.24, 2.45) is 0 Å². The topological polar surface area (TPSA) is 17.4 Å². The maximum atomic E-state index is 7.76. The number of rotatable bonds is 7. The van der Waals surface area contributed by atoms with E-state index in [0.29, 0.717) is 0 Å². The highest BCUT2D eigenvalue weighted by atomic mass is 32.2. The van der Waals surface area contributed by atoms with Crippen LogP contribution < -0.4 is 75.2 Å². The molecule has 0 saturated carbocycles. The molecule has 0 spiro atoms. The smallest absolute Gasteiger partial charge is 0.253 e. The molecule has 4 aliphatic rings. The molecule has 0 radical (unpaired) electrons. The maximum Gasteiger partial charge on any atom is 0.253 e.